The number of benzene rings is 2. The Morgan fingerprint density at radius 2 is 2.03 bits per heavy atom. The number of carbonyl (C=O) groups is 1. The van der Waals surface area contributed by atoms with Crippen molar-refractivity contribution in [3.63, 3.8) is 0 Å². The van der Waals surface area contributed by atoms with E-state index in [1.54, 1.807) is 12.4 Å². The molecule has 0 bridgehead atoms. The minimum Gasteiger partial charge on any atom is -0.338 e. The van der Waals surface area contributed by atoms with Crippen LogP contribution in [0.5, 0.6) is 0 Å². The summed E-state index contributed by atoms with van der Waals surface area (Å²) in [4.78, 5) is 31.5. The maximum atomic E-state index is 12.2. The van der Waals surface area contributed by atoms with E-state index in [-0.39, 0.29) is 11.6 Å². The number of nitrogens with one attached hydrogen (secondary N) is 3. The molecule has 0 spiro atoms. The molecule has 4 aromatic rings. The first-order valence-corrected chi connectivity index (χ1v) is 9.49. The maximum Gasteiger partial charge on any atom is 0.319 e. The van der Waals surface area contributed by atoms with Crippen molar-refractivity contribution in [1.29, 1.82) is 0 Å². The molecule has 0 radical (unpaired) electrons. The lowest BCUT2D eigenvalue weighted by atomic mass is 10.1. The van der Waals surface area contributed by atoms with E-state index in [0.717, 1.165) is 34.6 Å². The first-order chi connectivity index (χ1) is 14.2. The number of hydrogen-bond donors (Lipinski definition) is 3. The van der Waals surface area contributed by atoms with Gasteiger partial charge in [0.05, 0.1) is 11.4 Å². The molecule has 7 heteroatoms. The number of amides is 2. The second-order valence-electron chi connectivity index (χ2n) is 7.06. The zero-order valence-corrected chi connectivity index (χ0v) is 15.6. The highest BCUT2D eigenvalue weighted by atomic mass is 16.2. The molecular weight excluding hydrogens is 366 g/mol. The Hall–Kier alpha value is -3.87. The van der Waals surface area contributed by atoms with Gasteiger partial charge in [0.25, 0.3) is 5.56 Å². The third-order valence-corrected chi connectivity index (χ3v) is 5.19. The zero-order valence-electron chi connectivity index (χ0n) is 15.6. The first kappa shape index (κ1) is 17.2. The Kier molecular flexibility index (Phi) is 4.13. The van der Waals surface area contributed by atoms with Crippen molar-refractivity contribution >= 4 is 17.4 Å². The molecule has 2 aromatic carbocycles. The molecule has 1 aliphatic carbocycles. The van der Waals surface area contributed by atoms with Crippen molar-refractivity contribution in [2.24, 2.45) is 0 Å². The van der Waals surface area contributed by atoms with Gasteiger partial charge in [-0.1, -0.05) is 36.4 Å². The lowest BCUT2D eigenvalue weighted by Crippen LogP contribution is -2.30. The van der Waals surface area contributed by atoms with Gasteiger partial charge in [0, 0.05) is 36.6 Å². The minimum atomic E-state index is -0.234. The number of carbonyl (C=O) groups excluding carboxylic acids is 1. The predicted molar refractivity (Wildman–Crippen MR) is 111 cm³/mol. The Morgan fingerprint density at radius 1 is 1.17 bits per heavy atom. The number of H-pyrrole nitrogens is 1. The van der Waals surface area contributed by atoms with Crippen LogP contribution in [0.15, 0.2) is 65.7 Å². The molecule has 0 fully saturated rings. The van der Waals surface area contributed by atoms with Crippen molar-refractivity contribution in [3.05, 3.63) is 88.1 Å². The fourth-order valence-corrected chi connectivity index (χ4v) is 3.83. The number of nitrogens with zero attached hydrogens (tertiary/aromatic N) is 2. The van der Waals surface area contributed by atoms with E-state index in [4.69, 9.17) is 0 Å². The zero-order chi connectivity index (χ0) is 19.8. The fourth-order valence-electron chi connectivity index (χ4n) is 3.83. The topological polar surface area (TPSA) is 91.3 Å². The predicted octanol–water partition coefficient (Wildman–Crippen LogP) is 2.96. The average molecular weight is 385 g/mol. The molecule has 29 heavy (non-hydrogen) atoms. The van der Waals surface area contributed by atoms with E-state index >= 15 is 0 Å². The number of aromatic amines is 1. The standard InChI is InChI=1S/C22H19N5O2/c28-21-20-23-10-11-27(20)18-13-15-12-16(6-7-17(15)19(18)26-21)25-22(29)24-9-8-14-4-2-1-3-5-14/h1-7,10-12H,8-9,13H2,(H,26,28)(H2,24,25,29). The summed E-state index contributed by atoms with van der Waals surface area (Å²) in [5, 5.41) is 5.77. The van der Waals surface area contributed by atoms with Crippen LogP contribution >= 0.6 is 0 Å². The van der Waals surface area contributed by atoms with Gasteiger partial charge in [-0.25, -0.2) is 9.78 Å². The van der Waals surface area contributed by atoms with Crippen LogP contribution in [-0.4, -0.2) is 26.9 Å². The van der Waals surface area contributed by atoms with Gasteiger partial charge in [-0.05, 0) is 29.7 Å². The van der Waals surface area contributed by atoms with Gasteiger partial charge in [-0.15, -0.1) is 0 Å². The van der Waals surface area contributed by atoms with Crippen LogP contribution in [0, 0.1) is 0 Å². The largest absolute Gasteiger partial charge is 0.338 e. The molecule has 2 heterocycles. The second kappa shape index (κ2) is 6.94. The molecule has 2 amide bonds. The van der Waals surface area contributed by atoms with E-state index in [2.05, 4.69) is 20.6 Å². The number of rotatable bonds is 4. The molecule has 3 N–H and O–H groups in total. The monoisotopic (exact) mass is 385 g/mol. The Labute approximate surface area is 166 Å². The average Bonchev–Trinajstić information content (AvgIpc) is 3.34. The highest BCUT2D eigenvalue weighted by molar-refractivity contribution is 5.90. The first-order valence-electron chi connectivity index (χ1n) is 9.49. The van der Waals surface area contributed by atoms with Crippen LogP contribution in [-0.2, 0) is 12.8 Å². The maximum absolute atomic E-state index is 12.2. The van der Waals surface area contributed by atoms with E-state index in [0.29, 0.717) is 18.6 Å². The summed E-state index contributed by atoms with van der Waals surface area (Å²) in [6, 6.07) is 15.5. The number of urea groups is 1. The molecule has 0 unspecified atom stereocenters. The minimum absolute atomic E-state index is 0.207. The fraction of sp³-hybridized carbons (Fsp3) is 0.136. The molecule has 0 saturated heterocycles. The van der Waals surface area contributed by atoms with Gasteiger partial charge in [0.2, 0.25) is 5.65 Å². The second-order valence-corrected chi connectivity index (χ2v) is 7.06. The van der Waals surface area contributed by atoms with Gasteiger partial charge in [-0.3, -0.25) is 9.20 Å². The van der Waals surface area contributed by atoms with Crippen LogP contribution in [0.25, 0.3) is 16.9 Å². The summed E-state index contributed by atoms with van der Waals surface area (Å²) >= 11 is 0. The van der Waals surface area contributed by atoms with Crippen molar-refractivity contribution < 1.29 is 4.79 Å². The lowest BCUT2D eigenvalue weighted by molar-refractivity contribution is 0.252. The van der Waals surface area contributed by atoms with Crippen molar-refractivity contribution in [1.82, 2.24) is 19.7 Å². The number of fused-ring (bicyclic) bond motifs is 5. The molecule has 1 aliphatic rings. The van der Waals surface area contributed by atoms with Crippen LogP contribution in [0.2, 0.25) is 0 Å². The Bertz CT molecular complexity index is 1270. The van der Waals surface area contributed by atoms with Gasteiger partial charge in [-0.2, -0.15) is 0 Å². The molecule has 0 atom stereocenters. The van der Waals surface area contributed by atoms with Gasteiger partial charge in [0.15, 0.2) is 0 Å². The number of hydrogen-bond acceptors (Lipinski definition) is 3. The van der Waals surface area contributed by atoms with Crippen LogP contribution in [0.4, 0.5) is 10.5 Å². The highest BCUT2D eigenvalue weighted by Gasteiger charge is 2.23. The number of anilines is 1. The Morgan fingerprint density at radius 3 is 2.90 bits per heavy atom. The van der Waals surface area contributed by atoms with Gasteiger partial charge >= 0.3 is 6.03 Å². The van der Waals surface area contributed by atoms with E-state index < -0.39 is 0 Å². The van der Waals surface area contributed by atoms with E-state index in [9.17, 15) is 9.59 Å². The summed E-state index contributed by atoms with van der Waals surface area (Å²) in [5.41, 5.74) is 5.93. The summed E-state index contributed by atoms with van der Waals surface area (Å²) in [6.45, 7) is 0.562. The molecule has 2 aromatic heterocycles. The van der Waals surface area contributed by atoms with Gasteiger partial charge < -0.3 is 15.6 Å². The molecule has 0 aliphatic heterocycles. The molecule has 144 valence electrons. The van der Waals surface area contributed by atoms with Crippen LogP contribution < -0.4 is 16.2 Å². The summed E-state index contributed by atoms with van der Waals surface area (Å²) in [7, 11) is 0. The lowest BCUT2D eigenvalue weighted by Gasteiger charge is -2.09. The highest BCUT2D eigenvalue weighted by Crippen LogP contribution is 2.35. The summed E-state index contributed by atoms with van der Waals surface area (Å²) in [5.74, 6) is 0. The van der Waals surface area contributed by atoms with Crippen molar-refractivity contribution in [2.45, 2.75) is 12.8 Å². The van der Waals surface area contributed by atoms with Crippen LogP contribution in [0.1, 0.15) is 16.8 Å². The normalized spacial score (nSPS) is 11.9. The van der Waals surface area contributed by atoms with Gasteiger partial charge in [0.1, 0.15) is 0 Å². The van der Waals surface area contributed by atoms with Crippen molar-refractivity contribution in [3.8, 4) is 11.3 Å². The van der Waals surface area contributed by atoms with E-state index in [1.165, 1.54) is 5.56 Å². The third kappa shape index (κ3) is 3.16. The van der Waals surface area contributed by atoms with E-state index in [1.807, 2.05) is 52.9 Å². The summed E-state index contributed by atoms with van der Waals surface area (Å²) in [6.07, 6.45) is 4.87. The van der Waals surface area contributed by atoms with Crippen molar-refractivity contribution in [2.75, 3.05) is 11.9 Å². The third-order valence-electron chi connectivity index (χ3n) is 5.19. The molecule has 0 saturated carbocycles. The Balaban J connectivity index is 1.29. The molecular formula is C22H19N5O2. The van der Waals surface area contributed by atoms with Crippen LogP contribution in [0.3, 0.4) is 0 Å². The molecule has 5 rings (SSSR count). The SMILES string of the molecule is O=C(NCCc1ccccc1)Nc1ccc2c(c1)Cc1c-2[nH]c(=O)c2nccn12. The summed E-state index contributed by atoms with van der Waals surface area (Å²) < 4.78 is 1.83. The quantitative estimate of drug-likeness (QED) is 0.444. The smallest absolute Gasteiger partial charge is 0.319 e. The molecule has 7 nitrogen and oxygen atoms in total. The number of aromatic nitrogens is 3. The number of imidazole rings is 1.